The minimum atomic E-state index is -0.362. The van der Waals surface area contributed by atoms with Crippen LogP contribution in [0.4, 0.5) is 5.69 Å². The summed E-state index contributed by atoms with van der Waals surface area (Å²) in [4.78, 5) is 29.5. The van der Waals surface area contributed by atoms with Crippen LogP contribution in [-0.4, -0.2) is 37.2 Å². The third-order valence-corrected chi connectivity index (χ3v) is 4.43. The number of nitrogens with one attached hydrogen (secondary N) is 1. The van der Waals surface area contributed by atoms with Gasteiger partial charge in [0.05, 0.1) is 12.0 Å². The van der Waals surface area contributed by atoms with Crippen LogP contribution in [0.15, 0.2) is 28.1 Å². The van der Waals surface area contributed by atoms with Crippen LogP contribution < -0.4 is 15.0 Å². The second-order valence-electron chi connectivity index (χ2n) is 5.11. The summed E-state index contributed by atoms with van der Waals surface area (Å²) in [7, 11) is 1.60. The van der Waals surface area contributed by atoms with E-state index < -0.39 is 0 Å². The predicted octanol–water partition coefficient (Wildman–Crippen LogP) is 2.65. The first-order valence-corrected chi connectivity index (χ1v) is 8.53. The van der Waals surface area contributed by atoms with E-state index in [1.54, 1.807) is 13.2 Å². The number of carbonyl (C=O) groups is 2. The minimum Gasteiger partial charge on any atom is -0.496 e. The van der Waals surface area contributed by atoms with E-state index in [4.69, 9.17) is 4.74 Å². The summed E-state index contributed by atoms with van der Waals surface area (Å²) in [5.74, 6) is 0.0726. The maximum atomic E-state index is 12.0. The van der Waals surface area contributed by atoms with E-state index in [1.165, 1.54) is 6.92 Å². The highest BCUT2D eigenvalue weighted by atomic mass is 32.2. The van der Waals surface area contributed by atoms with E-state index in [9.17, 15) is 9.59 Å². The molecule has 0 bridgehead atoms. The lowest BCUT2D eigenvalue weighted by Crippen LogP contribution is -2.23. The number of ether oxygens (including phenoxy) is 1. The number of methoxy groups -OCH3 is 1. The molecule has 0 saturated heterocycles. The maximum absolute atomic E-state index is 12.0. The van der Waals surface area contributed by atoms with E-state index in [0.29, 0.717) is 15.8 Å². The lowest BCUT2D eigenvalue weighted by Gasteiger charge is -2.22. The number of anilines is 1. The highest BCUT2D eigenvalue weighted by molar-refractivity contribution is 8.18. The van der Waals surface area contributed by atoms with Crippen LogP contribution in [0.2, 0.25) is 0 Å². The summed E-state index contributed by atoms with van der Waals surface area (Å²) < 4.78 is 5.46. The van der Waals surface area contributed by atoms with Gasteiger partial charge in [-0.25, -0.2) is 0 Å². The zero-order chi connectivity index (χ0) is 17.7. The van der Waals surface area contributed by atoms with Crippen LogP contribution in [0.3, 0.4) is 0 Å². The zero-order valence-corrected chi connectivity index (χ0v) is 15.1. The van der Waals surface area contributed by atoms with Crippen LogP contribution in [0.5, 0.6) is 5.75 Å². The van der Waals surface area contributed by atoms with Gasteiger partial charge in [-0.3, -0.25) is 9.59 Å². The SMILES string of the molecule is CCN(CC)c1ccc(C=C2SC(NC(C)=O)=NC2=O)c(OC)c1. The van der Waals surface area contributed by atoms with Crippen molar-refractivity contribution in [3.63, 3.8) is 0 Å². The average Bonchev–Trinajstić information content (AvgIpc) is 2.88. The van der Waals surface area contributed by atoms with Gasteiger partial charge in [0, 0.05) is 37.3 Å². The van der Waals surface area contributed by atoms with Gasteiger partial charge in [0.1, 0.15) is 5.75 Å². The first-order valence-electron chi connectivity index (χ1n) is 7.71. The molecule has 0 atom stereocenters. The number of benzene rings is 1. The van der Waals surface area contributed by atoms with Gasteiger partial charge in [-0.1, -0.05) is 0 Å². The Morgan fingerprint density at radius 2 is 2.08 bits per heavy atom. The Hall–Kier alpha value is -2.28. The topological polar surface area (TPSA) is 71.0 Å². The molecule has 1 N–H and O–H groups in total. The molecule has 0 aliphatic carbocycles. The van der Waals surface area contributed by atoms with Crippen LogP contribution in [0, 0.1) is 0 Å². The van der Waals surface area contributed by atoms with E-state index in [1.807, 2.05) is 18.2 Å². The summed E-state index contributed by atoms with van der Waals surface area (Å²) in [6.07, 6.45) is 1.73. The molecule has 7 heteroatoms. The Balaban J connectivity index is 2.27. The van der Waals surface area contributed by atoms with Gasteiger partial charge in [-0.15, -0.1) is 0 Å². The van der Waals surface area contributed by atoms with Crippen LogP contribution >= 0.6 is 11.8 Å². The molecule has 1 aliphatic rings. The Labute approximate surface area is 146 Å². The number of thioether (sulfide) groups is 1. The molecule has 2 amide bonds. The van der Waals surface area contributed by atoms with Gasteiger partial charge in [0.15, 0.2) is 5.17 Å². The largest absolute Gasteiger partial charge is 0.496 e. The first-order chi connectivity index (χ1) is 11.5. The van der Waals surface area contributed by atoms with E-state index in [-0.39, 0.29) is 11.8 Å². The molecule has 24 heavy (non-hydrogen) atoms. The summed E-state index contributed by atoms with van der Waals surface area (Å²) >= 11 is 1.14. The molecule has 0 spiro atoms. The fourth-order valence-corrected chi connectivity index (χ4v) is 3.21. The van der Waals surface area contributed by atoms with Gasteiger partial charge in [0.25, 0.3) is 5.91 Å². The monoisotopic (exact) mass is 347 g/mol. The Kier molecular flexibility index (Phi) is 6.03. The normalized spacial score (nSPS) is 15.4. The third kappa shape index (κ3) is 4.17. The van der Waals surface area contributed by atoms with E-state index in [0.717, 1.165) is 36.1 Å². The molecule has 1 aromatic rings. The van der Waals surface area contributed by atoms with Crippen molar-refractivity contribution in [2.45, 2.75) is 20.8 Å². The zero-order valence-electron chi connectivity index (χ0n) is 14.3. The molecule has 0 saturated carbocycles. The molecule has 0 fully saturated rings. The van der Waals surface area contributed by atoms with Crippen molar-refractivity contribution in [1.29, 1.82) is 0 Å². The van der Waals surface area contributed by atoms with Gasteiger partial charge in [-0.2, -0.15) is 4.99 Å². The van der Waals surface area contributed by atoms with Gasteiger partial charge < -0.3 is 15.0 Å². The maximum Gasteiger partial charge on any atom is 0.286 e. The second-order valence-corrected chi connectivity index (χ2v) is 6.14. The fraction of sp³-hybridized carbons (Fsp3) is 0.353. The second kappa shape index (κ2) is 8.01. The number of aliphatic imine (C=N–C) groups is 1. The number of carbonyl (C=O) groups excluding carboxylic acids is 2. The quantitative estimate of drug-likeness (QED) is 0.829. The molecule has 1 heterocycles. The van der Waals surface area contributed by atoms with Gasteiger partial charge in [-0.05, 0) is 43.8 Å². The molecule has 0 unspecified atom stereocenters. The van der Waals surface area contributed by atoms with Crippen molar-refractivity contribution in [1.82, 2.24) is 5.32 Å². The molecule has 0 radical (unpaired) electrons. The summed E-state index contributed by atoms with van der Waals surface area (Å²) in [5.41, 5.74) is 1.86. The molecular weight excluding hydrogens is 326 g/mol. The van der Waals surface area contributed by atoms with E-state index >= 15 is 0 Å². The third-order valence-electron chi connectivity index (χ3n) is 3.54. The number of rotatable bonds is 5. The van der Waals surface area contributed by atoms with Crippen LogP contribution in [0.1, 0.15) is 26.3 Å². The standard InChI is InChI=1S/C17H21N3O3S/c1-5-20(6-2)13-8-7-12(14(10-13)23-4)9-15-16(22)19-17(24-15)18-11(3)21/h7-10H,5-6H2,1-4H3,(H,18,19,21,22). The molecule has 1 aromatic carbocycles. The number of hydrogen-bond acceptors (Lipinski definition) is 5. The highest BCUT2D eigenvalue weighted by Crippen LogP contribution is 2.32. The summed E-state index contributed by atoms with van der Waals surface area (Å²) in [5, 5.41) is 2.83. The Morgan fingerprint density at radius 1 is 1.38 bits per heavy atom. The highest BCUT2D eigenvalue weighted by Gasteiger charge is 2.23. The van der Waals surface area contributed by atoms with Crippen molar-refractivity contribution in [3.05, 3.63) is 28.7 Å². The lowest BCUT2D eigenvalue weighted by molar-refractivity contribution is -0.117. The molecule has 128 valence electrons. The number of nitrogens with zero attached hydrogens (tertiary/aromatic N) is 2. The average molecular weight is 347 g/mol. The van der Waals surface area contributed by atoms with Crippen molar-refractivity contribution in [3.8, 4) is 5.75 Å². The minimum absolute atomic E-state index is 0.253. The number of amidine groups is 1. The number of amides is 2. The first kappa shape index (κ1) is 18.1. The van der Waals surface area contributed by atoms with Gasteiger partial charge >= 0.3 is 0 Å². The smallest absolute Gasteiger partial charge is 0.286 e. The van der Waals surface area contributed by atoms with Crippen molar-refractivity contribution in [2.75, 3.05) is 25.1 Å². The molecule has 0 aromatic heterocycles. The van der Waals surface area contributed by atoms with Crippen molar-refractivity contribution < 1.29 is 14.3 Å². The number of hydrogen-bond donors (Lipinski definition) is 1. The molecule has 1 aliphatic heterocycles. The molecular formula is C17H21N3O3S. The molecule has 2 rings (SSSR count). The lowest BCUT2D eigenvalue weighted by atomic mass is 10.1. The van der Waals surface area contributed by atoms with Crippen molar-refractivity contribution >= 4 is 40.5 Å². The van der Waals surface area contributed by atoms with E-state index in [2.05, 4.69) is 29.1 Å². The van der Waals surface area contributed by atoms with Crippen LogP contribution in [0.25, 0.3) is 6.08 Å². The van der Waals surface area contributed by atoms with Crippen molar-refractivity contribution in [2.24, 2.45) is 4.99 Å². The van der Waals surface area contributed by atoms with Crippen LogP contribution in [-0.2, 0) is 9.59 Å². The fourth-order valence-electron chi connectivity index (χ4n) is 2.36. The Morgan fingerprint density at radius 3 is 2.67 bits per heavy atom. The summed E-state index contributed by atoms with van der Waals surface area (Å²) in [6, 6.07) is 5.88. The van der Waals surface area contributed by atoms with Gasteiger partial charge in [0.2, 0.25) is 5.91 Å². The summed E-state index contributed by atoms with van der Waals surface area (Å²) in [6.45, 7) is 7.39. The molecule has 6 nitrogen and oxygen atoms in total. The predicted molar refractivity (Wildman–Crippen MR) is 98.4 cm³/mol. The Bertz CT molecular complexity index is 709.